The van der Waals surface area contributed by atoms with E-state index in [-0.39, 0.29) is 0 Å². The third-order valence-corrected chi connectivity index (χ3v) is 4.29. The van der Waals surface area contributed by atoms with Crippen molar-refractivity contribution in [2.75, 3.05) is 0 Å². The van der Waals surface area contributed by atoms with Gasteiger partial charge in [0.1, 0.15) is 12.7 Å². The summed E-state index contributed by atoms with van der Waals surface area (Å²) in [6.45, 7) is 0.842. The normalized spacial score (nSPS) is 14.2. The molecular weight excluding hydrogens is 272 g/mol. The van der Waals surface area contributed by atoms with Crippen molar-refractivity contribution in [1.82, 2.24) is 20.1 Å². The van der Waals surface area contributed by atoms with Crippen molar-refractivity contribution in [3.63, 3.8) is 0 Å². The predicted octanol–water partition coefficient (Wildman–Crippen LogP) is 2.52. The minimum Gasteiger partial charge on any atom is -0.309 e. The standard InChI is InChI=1S/C18H18N4/c1-2-6-15-10-17(9-14(15)5-1)20-11-16-7-3-4-8-18(16)22-13-19-12-21-22/h1-8,12-13,17,20H,9-11H2. The molecule has 0 fully saturated rings. The van der Waals surface area contributed by atoms with Gasteiger partial charge in [-0.3, -0.25) is 0 Å². The Morgan fingerprint density at radius 2 is 1.73 bits per heavy atom. The number of nitrogens with zero attached hydrogens (tertiary/aromatic N) is 3. The molecule has 0 radical (unpaired) electrons. The Kier molecular flexibility index (Phi) is 3.45. The number of hydrogen-bond acceptors (Lipinski definition) is 3. The molecule has 22 heavy (non-hydrogen) atoms. The SMILES string of the molecule is c1ccc2c(c1)CC(NCc1ccccc1-n1cncn1)C2. The molecule has 0 saturated carbocycles. The number of rotatable bonds is 4. The number of nitrogens with one attached hydrogen (secondary N) is 1. The van der Waals surface area contributed by atoms with Crippen LogP contribution in [0, 0.1) is 0 Å². The Morgan fingerprint density at radius 1 is 1.00 bits per heavy atom. The van der Waals surface area contributed by atoms with Crippen LogP contribution in [-0.2, 0) is 19.4 Å². The molecule has 110 valence electrons. The topological polar surface area (TPSA) is 42.7 Å². The predicted molar refractivity (Wildman–Crippen MR) is 85.8 cm³/mol. The molecule has 2 aromatic carbocycles. The molecule has 1 aliphatic rings. The van der Waals surface area contributed by atoms with E-state index in [2.05, 4.69) is 57.9 Å². The maximum absolute atomic E-state index is 4.24. The van der Waals surface area contributed by atoms with E-state index in [1.54, 1.807) is 12.7 Å². The fraction of sp³-hybridized carbons (Fsp3) is 0.222. The Balaban J connectivity index is 1.47. The highest BCUT2D eigenvalue weighted by molar-refractivity contribution is 5.40. The van der Waals surface area contributed by atoms with E-state index in [0.29, 0.717) is 6.04 Å². The molecule has 0 amide bonds. The first kappa shape index (κ1) is 13.2. The highest BCUT2D eigenvalue weighted by atomic mass is 15.3. The second-order valence-corrected chi connectivity index (χ2v) is 5.72. The zero-order chi connectivity index (χ0) is 14.8. The van der Waals surface area contributed by atoms with Crippen LogP contribution in [0.15, 0.2) is 61.2 Å². The number of benzene rings is 2. The van der Waals surface area contributed by atoms with E-state index in [4.69, 9.17) is 0 Å². The van der Waals surface area contributed by atoms with E-state index in [1.165, 1.54) is 16.7 Å². The van der Waals surface area contributed by atoms with Gasteiger partial charge in [-0.15, -0.1) is 0 Å². The molecule has 4 heteroatoms. The second-order valence-electron chi connectivity index (χ2n) is 5.72. The largest absolute Gasteiger partial charge is 0.309 e. The molecule has 4 nitrogen and oxygen atoms in total. The van der Waals surface area contributed by atoms with Gasteiger partial charge in [0.25, 0.3) is 0 Å². The average molecular weight is 290 g/mol. The van der Waals surface area contributed by atoms with Crippen molar-refractivity contribution < 1.29 is 0 Å². The Bertz CT molecular complexity index is 739. The summed E-state index contributed by atoms with van der Waals surface area (Å²) < 4.78 is 1.82. The fourth-order valence-electron chi connectivity index (χ4n) is 3.17. The molecule has 0 unspecified atom stereocenters. The van der Waals surface area contributed by atoms with Crippen LogP contribution in [-0.4, -0.2) is 20.8 Å². The number of fused-ring (bicyclic) bond motifs is 1. The summed E-state index contributed by atoms with van der Waals surface area (Å²) in [5.41, 5.74) is 5.28. The molecule has 0 bridgehead atoms. The van der Waals surface area contributed by atoms with Gasteiger partial charge in [-0.25, -0.2) is 9.67 Å². The minimum atomic E-state index is 0.515. The summed E-state index contributed by atoms with van der Waals surface area (Å²) in [6.07, 6.45) is 5.53. The van der Waals surface area contributed by atoms with Gasteiger partial charge >= 0.3 is 0 Å². The van der Waals surface area contributed by atoms with Crippen molar-refractivity contribution in [3.05, 3.63) is 77.9 Å². The smallest absolute Gasteiger partial charge is 0.138 e. The molecule has 4 rings (SSSR count). The summed E-state index contributed by atoms with van der Waals surface area (Å²) in [5, 5.41) is 7.92. The molecule has 0 spiro atoms. The molecule has 0 saturated heterocycles. The lowest BCUT2D eigenvalue weighted by Crippen LogP contribution is -2.29. The molecule has 1 aromatic heterocycles. The summed E-state index contributed by atoms with van der Waals surface area (Å²) in [6, 6.07) is 17.6. The highest BCUT2D eigenvalue weighted by Crippen LogP contribution is 2.22. The van der Waals surface area contributed by atoms with Gasteiger partial charge in [0.15, 0.2) is 0 Å². The monoisotopic (exact) mass is 290 g/mol. The van der Waals surface area contributed by atoms with Crippen molar-refractivity contribution in [2.24, 2.45) is 0 Å². The maximum atomic E-state index is 4.24. The van der Waals surface area contributed by atoms with Crippen LogP contribution in [0.2, 0.25) is 0 Å². The van der Waals surface area contributed by atoms with Gasteiger partial charge in [0, 0.05) is 12.6 Å². The van der Waals surface area contributed by atoms with E-state index < -0.39 is 0 Å². The second kappa shape index (κ2) is 5.73. The lowest BCUT2D eigenvalue weighted by Gasteiger charge is -2.14. The number of aromatic nitrogens is 3. The van der Waals surface area contributed by atoms with Crippen molar-refractivity contribution in [3.8, 4) is 5.69 Å². The molecule has 1 N–H and O–H groups in total. The zero-order valence-electron chi connectivity index (χ0n) is 12.3. The average Bonchev–Trinajstić information content (AvgIpc) is 3.22. The van der Waals surface area contributed by atoms with E-state index in [0.717, 1.165) is 25.1 Å². The van der Waals surface area contributed by atoms with Crippen LogP contribution in [0.4, 0.5) is 0 Å². The van der Waals surface area contributed by atoms with Crippen molar-refractivity contribution >= 4 is 0 Å². The first-order chi connectivity index (χ1) is 10.9. The number of hydrogen-bond donors (Lipinski definition) is 1. The van der Waals surface area contributed by atoms with Gasteiger partial charge in [0.2, 0.25) is 0 Å². The summed E-state index contributed by atoms with van der Waals surface area (Å²) in [7, 11) is 0. The van der Waals surface area contributed by atoms with E-state index >= 15 is 0 Å². The van der Waals surface area contributed by atoms with Crippen molar-refractivity contribution in [1.29, 1.82) is 0 Å². The van der Waals surface area contributed by atoms with Gasteiger partial charge in [-0.1, -0.05) is 42.5 Å². The van der Waals surface area contributed by atoms with Crippen LogP contribution < -0.4 is 5.32 Å². The van der Waals surface area contributed by atoms with Crippen LogP contribution >= 0.6 is 0 Å². The van der Waals surface area contributed by atoms with Crippen LogP contribution in [0.3, 0.4) is 0 Å². The summed E-state index contributed by atoms with van der Waals surface area (Å²) >= 11 is 0. The first-order valence-electron chi connectivity index (χ1n) is 7.63. The minimum absolute atomic E-state index is 0.515. The number of para-hydroxylation sites is 1. The van der Waals surface area contributed by atoms with Crippen LogP contribution in [0.5, 0.6) is 0 Å². The third kappa shape index (κ3) is 2.53. The Labute approximate surface area is 129 Å². The van der Waals surface area contributed by atoms with E-state index in [9.17, 15) is 0 Å². The van der Waals surface area contributed by atoms with Gasteiger partial charge in [0.05, 0.1) is 5.69 Å². The third-order valence-electron chi connectivity index (χ3n) is 4.29. The molecule has 0 atom stereocenters. The molecule has 1 aliphatic carbocycles. The van der Waals surface area contributed by atoms with Crippen molar-refractivity contribution in [2.45, 2.75) is 25.4 Å². The molecular formula is C18H18N4. The molecule has 0 aliphatic heterocycles. The quantitative estimate of drug-likeness (QED) is 0.803. The van der Waals surface area contributed by atoms with Gasteiger partial charge in [-0.05, 0) is 35.6 Å². The summed E-state index contributed by atoms with van der Waals surface area (Å²) in [5.74, 6) is 0. The van der Waals surface area contributed by atoms with Gasteiger partial charge in [-0.2, -0.15) is 5.10 Å². The maximum Gasteiger partial charge on any atom is 0.138 e. The Hall–Kier alpha value is -2.46. The summed E-state index contributed by atoms with van der Waals surface area (Å²) in [4.78, 5) is 4.04. The highest BCUT2D eigenvalue weighted by Gasteiger charge is 2.20. The lowest BCUT2D eigenvalue weighted by molar-refractivity contribution is 0.531. The molecule has 1 heterocycles. The fourth-order valence-corrected chi connectivity index (χ4v) is 3.17. The zero-order valence-corrected chi connectivity index (χ0v) is 12.3. The van der Waals surface area contributed by atoms with E-state index in [1.807, 2.05) is 10.7 Å². The van der Waals surface area contributed by atoms with Crippen LogP contribution in [0.25, 0.3) is 5.69 Å². The molecule has 3 aromatic rings. The Morgan fingerprint density at radius 3 is 2.45 bits per heavy atom. The lowest BCUT2D eigenvalue weighted by atomic mass is 10.1. The first-order valence-corrected chi connectivity index (χ1v) is 7.63. The van der Waals surface area contributed by atoms with Gasteiger partial charge < -0.3 is 5.32 Å². The van der Waals surface area contributed by atoms with Crippen LogP contribution in [0.1, 0.15) is 16.7 Å².